The van der Waals surface area contributed by atoms with E-state index in [9.17, 15) is 9.59 Å². The first-order valence-corrected chi connectivity index (χ1v) is 3.92. The second-order valence-corrected chi connectivity index (χ2v) is 3.93. The fourth-order valence-electron chi connectivity index (χ4n) is 0.164. The van der Waals surface area contributed by atoms with Gasteiger partial charge in [0.1, 0.15) is 0 Å². The van der Waals surface area contributed by atoms with Gasteiger partial charge in [0.05, 0.1) is 0 Å². The van der Waals surface area contributed by atoms with Gasteiger partial charge in [-0.15, -0.1) is 0 Å². The van der Waals surface area contributed by atoms with Gasteiger partial charge in [0.15, 0.2) is 6.29 Å². The highest BCUT2D eigenvalue weighted by atomic mass is 35.6. The number of rotatable bonds is 1. The van der Waals surface area contributed by atoms with Crippen LogP contribution in [0.2, 0.25) is 0 Å². The van der Waals surface area contributed by atoms with Gasteiger partial charge in [0.25, 0.3) is 0 Å². The van der Waals surface area contributed by atoms with Crippen molar-refractivity contribution in [1.82, 2.24) is 0 Å². The van der Waals surface area contributed by atoms with Gasteiger partial charge < -0.3 is 5.73 Å². The Morgan fingerprint density at radius 2 is 1.75 bits per heavy atom. The molecule has 0 saturated carbocycles. The Kier molecular flexibility index (Phi) is 8.81. The molecule has 0 rings (SSSR count). The summed E-state index contributed by atoms with van der Waals surface area (Å²) in [5, 5.41) is 0. The first-order chi connectivity index (χ1) is 5.33. The van der Waals surface area contributed by atoms with E-state index in [1.165, 1.54) is 6.08 Å². The van der Waals surface area contributed by atoms with E-state index in [0.29, 0.717) is 0 Å². The summed E-state index contributed by atoms with van der Waals surface area (Å²) in [5.41, 5.74) is 4.68. The van der Waals surface area contributed by atoms with E-state index in [1.54, 1.807) is 13.0 Å². The van der Waals surface area contributed by atoms with Crippen LogP contribution in [0.3, 0.4) is 0 Å². The molecule has 0 fully saturated rings. The minimum atomic E-state index is -1.72. The third kappa shape index (κ3) is 22.6. The average molecular weight is 232 g/mol. The maximum atomic E-state index is 9.73. The van der Waals surface area contributed by atoms with Crippen LogP contribution in [0.1, 0.15) is 6.92 Å². The summed E-state index contributed by atoms with van der Waals surface area (Å²) in [5.74, 6) is -0.391. The molecule has 0 aliphatic carbocycles. The predicted octanol–water partition coefficient (Wildman–Crippen LogP) is 1.60. The Labute approximate surface area is 85.5 Å². The van der Waals surface area contributed by atoms with Crippen molar-refractivity contribution in [2.45, 2.75) is 10.7 Å². The van der Waals surface area contributed by atoms with Crippen LogP contribution in [0, 0.1) is 0 Å². The third-order valence-corrected chi connectivity index (χ3v) is 0.732. The van der Waals surface area contributed by atoms with Crippen LogP contribution < -0.4 is 5.73 Å². The number of primary amides is 1. The second kappa shape index (κ2) is 7.40. The van der Waals surface area contributed by atoms with Gasteiger partial charge in [-0.25, -0.2) is 0 Å². The van der Waals surface area contributed by atoms with Crippen molar-refractivity contribution < 1.29 is 9.59 Å². The molecule has 1 amide bonds. The number of allylic oxidation sites excluding steroid dienone is 1. The zero-order valence-corrected chi connectivity index (χ0v) is 8.53. The largest absolute Gasteiger partial charge is 0.366 e. The lowest BCUT2D eigenvalue weighted by atomic mass is 10.5. The highest BCUT2D eigenvalue weighted by Gasteiger charge is 2.16. The first-order valence-electron chi connectivity index (χ1n) is 2.78. The fraction of sp³-hybridized carbons (Fsp3) is 0.333. The van der Waals surface area contributed by atoms with Gasteiger partial charge >= 0.3 is 0 Å². The lowest BCUT2D eigenvalue weighted by Gasteiger charge is -1.93. The number of aldehydes is 1. The molecule has 0 spiro atoms. The number of alkyl halides is 3. The summed E-state index contributed by atoms with van der Waals surface area (Å²) in [6.07, 6.45) is 3.14. The minimum absolute atomic E-state index is 0.234. The van der Waals surface area contributed by atoms with Gasteiger partial charge in [-0.2, -0.15) is 0 Å². The molecule has 2 N–H and O–H groups in total. The SMILES string of the molecule is C/C=C/C(N)=O.O=CC(Cl)(Cl)Cl. The number of halogens is 3. The zero-order valence-electron chi connectivity index (χ0n) is 6.26. The predicted molar refractivity (Wildman–Crippen MR) is 50.4 cm³/mol. The molecule has 0 bridgehead atoms. The molecule has 0 aliphatic heterocycles. The van der Waals surface area contributed by atoms with Crippen LogP contribution in [-0.2, 0) is 9.59 Å². The van der Waals surface area contributed by atoms with Gasteiger partial charge in [0, 0.05) is 0 Å². The summed E-state index contributed by atoms with van der Waals surface area (Å²) >= 11 is 14.6. The fourth-order valence-corrected chi connectivity index (χ4v) is 0.164. The van der Waals surface area contributed by atoms with Gasteiger partial charge in [-0.1, -0.05) is 40.9 Å². The van der Waals surface area contributed by atoms with E-state index in [1.807, 2.05) is 0 Å². The second-order valence-electron chi connectivity index (χ2n) is 1.56. The molecule has 0 saturated heterocycles. The van der Waals surface area contributed by atoms with Gasteiger partial charge in [-0.05, 0) is 13.0 Å². The highest BCUT2D eigenvalue weighted by Crippen LogP contribution is 2.21. The van der Waals surface area contributed by atoms with E-state index in [2.05, 4.69) is 5.73 Å². The van der Waals surface area contributed by atoms with Crippen LogP contribution in [0.5, 0.6) is 0 Å². The van der Waals surface area contributed by atoms with Gasteiger partial charge in [-0.3, -0.25) is 9.59 Å². The summed E-state index contributed by atoms with van der Waals surface area (Å²) in [4.78, 5) is 19.2. The normalized spacial score (nSPS) is 10.3. The quantitative estimate of drug-likeness (QED) is 0.424. The van der Waals surface area contributed by atoms with Gasteiger partial charge in [0.2, 0.25) is 9.70 Å². The van der Waals surface area contributed by atoms with Crippen molar-refractivity contribution in [1.29, 1.82) is 0 Å². The standard InChI is InChI=1S/C4H7NO.C2HCl3O/c1-2-3-4(5)6;3-2(4,5)1-6/h2-3H,1H3,(H2,5,6);1H/b3-2+;. The van der Waals surface area contributed by atoms with Crippen LogP contribution in [0.15, 0.2) is 12.2 Å². The summed E-state index contributed by atoms with van der Waals surface area (Å²) in [6, 6.07) is 0. The molecule has 0 aromatic heterocycles. The van der Waals surface area contributed by atoms with Crippen molar-refractivity contribution in [2.24, 2.45) is 5.73 Å². The number of amides is 1. The van der Waals surface area contributed by atoms with E-state index in [0.717, 1.165) is 0 Å². The van der Waals surface area contributed by atoms with Crippen molar-refractivity contribution in [3.8, 4) is 0 Å². The zero-order chi connectivity index (χ0) is 10.2. The Morgan fingerprint density at radius 3 is 1.75 bits per heavy atom. The maximum Gasteiger partial charge on any atom is 0.245 e. The Hall–Kier alpha value is -0.250. The van der Waals surface area contributed by atoms with Crippen molar-refractivity contribution >= 4 is 47.0 Å². The van der Waals surface area contributed by atoms with Crippen LogP contribution >= 0.6 is 34.8 Å². The van der Waals surface area contributed by atoms with E-state index < -0.39 is 9.70 Å². The summed E-state index contributed by atoms with van der Waals surface area (Å²) < 4.78 is -1.72. The lowest BCUT2D eigenvalue weighted by molar-refractivity contribution is -0.113. The van der Waals surface area contributed by atoms with E-state index in [4.69, 9.17) is 34.8 Å². The molecule has 0 atom stereocenters. The molecule has 70 valence electrons. The third-order valence-electron chi connectivity index (χ3n) is 0.465. The molecule has 0 aliphatic rings. The van der Waals surface area contributed by atoms with Crippen molar-refractivity contribution in [3.63, 3.8) is 0 Å². The number of hydrogen-bond acceptors (Lipinski definition) is 2. The number of carbonyl (C=O) groups is 2. The topological polar surface area (TPSA) is 60.2 Å². The first kappa shape index (κ1) is 14.3. The van der Waals surface area contributed by atoms with E-state index in [-0.39, 0.29) is 6.29 Å². The smallest absolute Gasteiger partial charge is 0.245 e. The molecule has 0 unspecified atom stereocenters. The lowest BCUT2D eigenvalue weighted by Crippen LogP contribution is -2.04. The number of nitrogens with two attached hydrogens (primary N) is 1. The molecular weight excluding hydrogens is 224 g/mol. The highest BCUT2D eigenvalue weighted by molar-refractivity contribution is 6.74. The molecule has 0 heterocycles. The Balaban J connectivity index is 0. The maximum absolute atomic E-state index is 9.73. The molecule has 3 nitrogen and oxygen atoms in total. The average Bonchev–Trinajstić information content (AvgIpc) is 1.87. The van der Waals surface area contributed by atoms with E-state index >= 15 is 0 Å². The van der Waals surface area contributed by atoms with Crippen LogP contribution in [0.4, 0.5) is 0 Å². The number of hydrogen-bond donors (Lipinski definition) is 1. The number of carbonyl (C=O) groups excluding carboxylic acids is 2. The molecule has 6 heteroatoms. The minimum Gasteiger partial charge on any atom is -0.366 e. The summed E-state index contributed by atoms with van der Waals surface area (Å²) in [6.45, 7) is 1.74. The van der Waals surface area contributed by atoms with Crippen molar-refractivity contribution in [3.05, 3.63) is 12.2 Å². The van der Waals surface area contributed by atoms with Crippen molar-refractivity contribution in [2.75, 3.05) is 0 Å². The Bertz CT molecular complexity index is 174. The van der Waals surface area contributed by atoms with Crippen LogP contribution in [-0.4, -0.2) is 16.0 Å². The molecule has 0 radical (unpaired) electrons. The molecule has 0 aromatic rings. The summed E-state index contributed by atoms with van der Waals surface area (Å²) in [7, 11) is 0. The molecule has 0 aromatic carbocycles. The molecule has 12 heavy (non-hydrogen) atoms. The Morgan fingerprint density at radius 1 is 1.42 bits per heavy atom. The van der Waals surface area contributed by atoms with Crippen LogP contribution in [0.25, 0.3) is 0 Å². The molecular formula is C6H8Cl3NO2. The monoisotopic (exact) mass is 231 g/mol.